The molecule has 3 fully saturated rings. The van der Waals surface area contributed by atoms with Crippen LogP contribution in [0.2, 0.25) is 0 Å². The first-order valence-corrected chi connectivity index (χ1v) is 9.25. The number of piperidine rings is 1. The molecule has 3 aliphatic rings. The van der Waals surface area contributed by atoms with Gasteiger partial charge in [-0.2, -0.15) is 0 Å². The van der Waals surface area contributed by atoms with Crippen LogP contribution < -0.4 is 0 Å². The highest BCUT2D eigenvalue weighted by Crippen LogP contribution is 2.28. The van der Waals surface area contributed by atoms with Gasteiger partial charge in [0.15, 0.2) is 0 Å². The summed E-state index contributed by atoms with van der Waals surface area (Å²) in [5.41, 5.74) is 1.43. The molecule has 3 saturated heterocycles. The van der Waals surface area contributed by atoms with Gasteiger partial charge in [-0.1, -0.05) is 18.6 Å². The smallest absolute Gasteiger partial charge is 0.122 e. The van der Waals surface area contributed by atoms with Crippen LogP contribution in [-0.2, 0) is 13.1 Å². The van der Waals surface area contributed by atoms with Crippen molar-refractivity contribution in [2.45, 2.75) is 59.2 Å². The van der Waals surface area contributed by atoms with Crippen molar-refractivity contribution >= 4 is 0 Å². The zero-order valence-corrected chi connectivity index (χ0v) is 15.0. The van der Waals surface area contributed by atoms with E-state index in [0.29, 0.717) is 0 Å². The van der Waals surface area contributed by atoms with Crippen molar-refractivity contribution in [1.82, 2.24) is 19.4 Å². The number of aromatic nitrogens is 2. The molecule has 4 rings (SSSR count). The van der Waals surface area contributed by atoms with Crippen LogP contribution in [-0.4, -0.2) is 51.6 Å². The van der Waals surface area contributed by atoms with Gasteiger partial charge in [0, 0.05) is 51.2 Å². The molecule has 0 radical (unpaired) electrons. The Hall–Kier alpha value is -1.13. The third kappa shape index (κ3) is 4.24. The molecule has 0 aromatic carbocycles. The molecular weight excluding hydrogens is 284 g/mol. The molecule has 4 heteroatoms. The number of nitrogens with zero attached hydrogens (tertiary/aromatic N) is 4. The predicted molar refractivity (Wildman–Crippen MR) is 95.3 cm³/mol. The zero-order valence-electron chi connectivity index (χ0n) is 15.0. The monoisotopic (exact) mass is 316 g/mol. The summed E-state index contributed by atoms with van der Waals surface area (Å²) in [5.74, 6) is 2.07. The first kappa shape index (κ1) is 16.7. The number of rotatable bonds is 6. The third-order valence-electron chi connectivity index (χ3n) is 5.27. The van der Waals surface area contributed by atoms with Gasteiger partial charge in [-0.05, 0) is 39.0 Å². The standard InChI is InChI=1S/C19H32N4/c1-4-9-22-11-8-20-19(22)15-21-12-17-5-6-18(14-21)23(13-17)10-7-16(2)3/h7-8,11,17-18H,4-6,9-10,12-15H2,1-3H3/t17-,18+/m0/s1. The van der Waals surface area contributed by atoms with Gasteiger partial charge in [0.25, 0.3) is 0 Å². The van der Waals surface area contributed by atoms with Crippen molar-refractivity contribution in [3.8, 4) is 0 Å². The lowest BCUT2D eigenvalue weighted by atomic mass is 9.95. The summed E-state index contributed by atoms with van der Waals surface area (Å²) in [6, 6.07) is 0.721. The Morgan fingerprint density at radius 1 is 1.26 bits per heavy atom. The van der Waals surface area contributed by atoms with Crippen molar-refractivity contribution < 1.29 is 0 Å². The van der Waals surface area contributed by atoms with E-state index in [1.165, 1.54) is 50.3 Å². The highest BCUT2D eigenvalue weighted by Gasteiger charge is 2.34. The van der Waals surface area contributed by atoms with Crippen LogP contribution in [0.5, 0.6) is 0 Å². The van der Waals surface area contributed by atoms with E-state index < -0.39 is 0 Å². The molecule has 128 valence electrons. The predicted octanol–water partition coefficient (Wildman–Crippen LogP) is 3.16. The Balaban J connectivity index is 1.64. The average molecular weight is 316 g/mol. The second-order valence-corrected chi connectivity index (χ2v) is 7.56. The third-order valence-corrected chi connectivity index (χ3v) is 5.27. The van der Waals surface area contributed by atoms with Crippen LogP contribution in [0.25, 0.3) is 0 Å². The van der Waals surface area contributed by atoms with Crippen molar-refractivity contribution in [3.63, 3.8) is 0 Å². The Bertz CT molecular complexity index is 529. The molecular formula is C19H32N4. The van der Waals surface area contributed by atoms with E-state index >= 15 is 0 Å². The second kappa shape index (κ2) is 7.63. The van der Waals surface area contributed by atoms with Gasteiger partial charge in [-0.15, -0.1) is 0 Å². The summed E-state index contributed by atoms with van der Waals surface area (Å²) < 4.78 is 2.33. The van der Waals surface area contributed by atoms with Gasteiger partial charge in [0.05, 0.1) is 6.54 Å². The van der Waals surface area contributed by atoms with E-state index in [4.69, 9.17) is 0 Å². The largest absolute Gasteiger partial charge is 0.334 e. The summed E-state index contributed by atoms with van der Waals surface area (Å²) in [4.78, 5) is 9.97. The van der Waals surface area contributed by atoms with Gasteiger partial charge in [0.1, 0.15) is 5.82 Å². The van der Waals surface area contributed by atoms with Crippen LogP contribution >= 0.6 is 0 Å². The number of aryl methyl sites for hydroxylation is 1. The van der Waals surface area contributed by atoms with Crippen LogP contribution in [0.3, 0.4) is 0 Å². The minimum Gasteiger partial charge on any atom is -0.334 e. The summed E-state index contributed by atoms with van der Waals surface area (Å²) in [7, 11) is 0. The number of hydrogen-bond acceptors (Lipinski definition) is 3. The van der Waals surface area contributed by atoms with Gasteiger partial charge in [-0.25, -0.2) is 4.98 Å². The average Bonchev–Trinajstić information content (AvgIpc) is 2.77. The highest BCUT2D eigenvalue weighted by atomic mass is 15.3. The lowest BCUT2D eigenvalue weighted by molar-refractivity contribution is 0.145. The van der Waals surface area contributed by atoms with Gasteiger partial charge in [0.2, 0.25) is 0 Å². The van der Waals surface area contributed by atoms with Gasteiger partial charge >= 0.3 is 0 Å². The number of imidazole rings is 1. The quantitative estimate of drug-likeness (QED) is 0.754. The topological polar surface area (TPSA) is 24.3 Å². The van der Waals surface area contributed by atoms with Crippen molar-refractivity contribution in [3.05, 3.63) is 29.9 Å². The van der Waals surface area contributed by atoms with E-state index in [1.54, 1.807) is 0 Å². The first-order chi connectivity index (χ1) is 11.2. The molecule has 2 atom stereocenters. The molecule has 0 unspecified atom stereocenters. The van der Waals surface area contributed by atoms with Crippen LogP contribution in [0.15, 0.2) is 24.0 Å². The van der Waals surface area contributed by atoms with E-state index in [0.717, 1.165) is 31.6 Å². The SMILES string of the molecule is CCCn1ccnc1CN1C[C@@H]2CC[C@H](C1)N(CC=C(C)C)C2. The number of hydrogen-bond donors (Lipinski definition) is 0. The molecule has 0 amide bonds. The second-order valence-electron chi connectivity index (χ2n) is 7.56. The summed E-state index contributed by atoms with van der Waals surface area (Å²) >= 11 is 0. The van der Waals surface area contributed by atoms with Crippen LogP contribution in [0, 0.1) is 5.92 Å². The molecule has 4 nitrogen and oxygen atoms in total. The fraction of sp³-hybridized carbons (Fsp3) is 0.737. The van der Waals surface area contributed by atoms with E-state index in [2.05, 4.69) is 52.4 Å². The fourth-order valence-electron chi connectivity index (χ4n) is 4.06. The maximum absolute atomic E-state index is 4.61. The van der Waals surface area contributed by atoms with E-state index in [9.17, 15) is 0 Å². The summed E-state index contributed by atoms with van der Waals surface area (Å²) in [6.45, 7) is 13.6. The van der Waals surface area contributed by atoms with Crippen LogP contribution in [0.4, 0.5) is 0 Å². The molecule has 0 aliphatic carbocycles. The maximum atomic E-state index is 4.61. The first-order valence-electron chi connectivity index (χ1n) is 9.25. The van der Waals surface area contributed by atoms with Crippen molar-refractivity contribution in [2.75, 3.05) is 26.2 Å². The molecule has 0 N–H and O–H groups in total. The Morgan fingerprint density at radius 2 is 2.13 bits per heavy atom. The van der Waals surface area contributed by atoms with Crippen LogP contribution in [0.1, 0.15) is 45.9 Å². The molecule has 0 saturated carbocycles. The normalized spacial score (nSPS) is 25.5. The fourth-order valence-corrected chi connectivity index (χ4v) is 4.06. The highest BCUT2D eigenvalue weighted by molar-refractivity contribution is 5.00. The Morgan fingerprint density at radius 3 is 2.91 bits per heavy atom. The van der Waals surface area contributed by atoms with Gasteiger partial charge < -0.3 is 4.57 Å². The maximum Gasteiger partial charge on any atom is 0.122 e. The zero-order chi connectivity index (χ0) is 16.2. The molecule has 23 heavy (non-hydrogen) atoms. The number of fused-ring (bicyclic) bond motifs is 4. The molecule has 0 spiro atoms. The summed E-state index contributed by atoms with van der Waals surface area (Å²) in [5, 5.41) is 0. The van der Waals surface area contributed by atoms with E-state index in [1.807, 2.05) is 6.20 Å². The van der Waals surface area contributed by atoms with Gasteiger partial charge in [-0.3, -0.25) is 9.80 Å². The molecule has 2 bridgehead atoms. The molecule has 3 aliphatic heterocycles. The van der Waals surface area contributed by atoms with E-state index in [-0.39, 0.29) is 0 Å². The molecule has 1 aromatic rings. The minimum atomic E-state index is 0.721. The molecule has 1 aromatic heterocycles. The lowest BCUT2D eigenvalue weighted by Gasteiger charge is -2.35. The van der Waals surface area contributed by atoms with Crippen molar-refractivity contribution in [1.29, 1.82) is 0 Å². The lowest BCUT2D eigenvalue weighted by Crippen LogP contribution is -2.43. The molecule has 4 heterocycles. The Labute approximate surface area is 141 Å². The van der Waals surface area contributed by atoms with Crippen molar-refractivity contribution in [2.24, 2.45) is 5.92 Å². The Kier molecular flexibility index (Phi) is 5.54. The minimum absolute atomic E-state index is 0.721. The number of allylic oxidation sites excluding steroid dienone is 1. The summed E-state index contributed by atoms with van der Waals surface area (Å²) in [6.07, 6.45) is 10.4.